The summed E-state index contributed by atoms with van der Waals surface area (Å²) in [6, 6.07) is 0. The molecule has 0 aromatic rings. The molecule has 0 unspecified atom stereocenters. The maximum Gasteiger partial charge on any atom is 0.356 e. The molecular formula is C8H15O3S+. The van der Waals surface area contributed by atoms with E-state index >= 15 is 0 Å². The van der Waals surface area contributed by atoms with E-state index in [0.29, 0.717) is 12.2 Å². The zero-order valence-electron chi connectivity index (χ0n) is 7.75. The summed E-state index contributed by atoms with van der Waals surface area (Å²) in [6.07, 6.45) is 4.28. The fraction of sp³-hybridized carbons (Fsp3) is 0.750. The molecule has 0 saturated heterocycles. The number of carbonyl (C=O) groups excluding carboxylic acids is 2. The third-order valence-corrected chi connectivity index (χ3v) is 1.94. The molecule has 0 aromatic heterocycles. The molecule has 0 atom stereocenters. The Balaban J connectivity index is 3.38. The first kappa shape index (κ1) is 11.5. The Labute approximate surface area is 75.8 Å². The van der Waals surface area contributed by atoms with E-state index in [2.05, 4.69) is 0 Å². The highest BCUT2D eigenvalue weighted by Crippen LogP contribution is 1.90. The van der Waals surface area contributed by atoms with Crippen LogP contribution in [0.4, 0.5) is 0 Å². The summed E-state index contributed by atoms with van der Waals surface area (Å²) >= 11 is 0. The lowest BCUT2D eigenvalue weighted by atomic mass is 10.3. The largest absolute Gasteiger partial charge is 0.462 e. The molecular weight excluding hydrogens is 176 g/mol. The quantitative estimate of drug-likeness (QED) is 0.466. The van der Waals surface area contributed by atoms with E-state index < -0.39 is 0 Å². The molecule has 0 bridgehead atoms. The Morgan fingerprint density at radius 1 is 1.33 bits per heavy atom. The molecule has 0 aliphatic carbocycles. The molecule has 4 heteroatoms. The molecule has 0 amide bonds. The van der Waals surface area contributed by atoms with Crippen LogP contribution < -0.4 is 0 Å². The Hall–Kier alpha value is -0.510. The summed E-state index contributed by atoms with van der Waals surface area (Å²) in [5.74, 6) is 0.303. The molecule has 0 spiro atoms. The first-order valence-corrected chi connectivity index (χ1v) is 5.92. The van der Waals surface area contributed by atoms with Gasteiger partial charge in [0.15, 0.2) is 0 Å². The molecule has 70 valence electrons. The van der Waals surface area contributed by atoms with Gasteiger partial charge in [-0.2, -0.15) is 0 Å². The van der Waals surface area contributed by atoms with Gasteiger partial charge in [0.1, 0.15) is 5.78 Å². The first-order valence-electron chi connectivity index (χ1n) is 3.71. The third-order valence-electron chi connectivity index (χ3n) is 1.12. The van der Waals surface area contributed by atoms with Crippen molar-refractivity contribution in [2.24, 2.45) is 0 Å². The molecule has 0 aliphatic heterocycles. The van der Waals surface area contributed by atoms with Gasteiger partial charge >= 0.3 is 5.97 Å². The van der Waals surface area contributed by atoms with E-state index in [1.807, 2.05) is 12.5 Å². The lowest BCUT2D eigenvalue weighted by molar-refractivity contribution is -0.141. The van der Waals surface area contributed by atoms with Gasteiger partial charge in [-0.1, -0.05) is 0 Å². The molecule has 0 N–H and O–H groups in total. The zero-order chi connectivity index (χ0) is 9.56. The summed E-state index contributed by atoms with van der Waals surface area (Å²) < 4.78 is 4.81. The number of Topliss-reactive ketones (excluding diaryl/α,β-unsaturated/α-hetero) is 1. The minimum atomic E-state index is -0.204. The van der Waals surface area contributed by atoms with Crippen LogP contribution in [-0.4, -0.2) is 36.6 Å². The van der Waals surface area contributed by atoms with Crippen molar-refractivity contribution in [1.29, 1.82) is 0 Å². The smallest absolute Gasteiger partial charge is 0.356 e. The highest BCUT2D eigenvalue weighted by atomic mass is 32.2. The molecule has 0 fully saturated rings. The fourth-order valence-electron chi connectivity index (χ4n) is 0.586. The first-order chi connectivity index (χ1) is 5.52. The maximum absolute atomic E-state index is 10.9. The van der Waals surface area contributed by atoms with Gasteiger partial charge in [0.25, 0.3) is 0 Å². The Bertz CT molecular complexity index is 166. The summed E-state index contributed by atoms with van der Waals surface area (Å²) in [5, 5.41) is 0. The van der Waals surface area contributed by atoms with Gasteiger partial charge in [-0.25, -0.2) is 4.79 Å². The van der Waals surface area contributed by atoms with Crippen molar-refractivity contribution in [3.05, 3.63) is 0 Å². The predicted octanol–water partition coefficient (Wildman–Crippen LogP) is 0.387. The number of carbonyl (C=O) groups is 2. The van der Waals surface area contributed by atoms with Crippen LogP contribution in [0.25, 0.3) is 0 Å². The van der Waals surface area contributed by atoms with Crippen molar-refractivity contribution in [2.75, 3.05) is 24.9 Å². The topological polar surface area (TPSA) is 43.4 Å². The number of hydrogen-bond donors (Lipinski definition) is 0. The Kier molecular flexibility index (Phi) is 5.80. The molecule has 3 nitrogen and oxygen atoms in total. The molecule has 12 heavy (non-hydrogen) atoms. The average molecular weight is 191 g/mol. The van der Waals surface area contributed by atoms with Crippen molar-refractivity contribution in [3.8, 4) is 0 Å². The molecule has 0 aromatic carbocycles. The number of ketones is 1. The number of esters is 1. The van der Waals surface area contributed by atoms with Gasteiger partial charge in [0, 0.05) is 6.42 Å². The van der Waals surface area contributed by atoms with Crippen LogP contribution in [0.15, 0.2) is 0 Å². The van der Waals surface area contributed by atoms with E-state index in [1.54, 1.807) is 0 Å². The Morgan fingerprint density at radius 3 is 2.33 bits per heavy atom. The van der Waals surface area contributed by atoms with Crippen molar-refractivity contribution < 1.29 is 14.3 Å². The second-order valence-electron chi connectivity index (χ2n) is 2.80. The highest BCUT2D eigenvalue weighted by Gasteiger charge is 2.12. The van der Waals surface area contributed by atoms with Gasteiger partial charge in [-0.15, -0.1) is 0 Å². The predicted molar refractivity (Wildman–Crippen MR) is 50.3 cm³/mol. The summed E-state index contributed by atoms with van der Waals surface area (Å²) in [6.45, 7) is 1.71. The molecule has 0 saturated carbocycles. The Morgan fingerprint density at radius 2 is 1.92 bits per heavy atom. The summed E-state index contributed by atoms with van der Waals surface area (Å²) in [7, 11) is 0.0807. The number of ether oxygens (including phenoxy) is 1. The van der Waals surface area contributed by atoms with Crippen molar-refractivity contribution in [3.63, 3.8) is 0 Å². The normalized spacial score (nSPS) is 10.0. The van der Waals surface area contributed by atoms with Gasteiger partial charge in [0.2, 0.25) is 5.75 Å². The highest BCUT2D eigenvalue weighted by molar-refractivity contribution is 7.96. The lowest BCUT2D eigenvalue weighted by Gasteiger charge is -2.00. The van der Waals surface area contributed by atoms with E-state index in [-0.39, 0.29) is 29.3 Å². The minimum Gasteiger partial charge on any atom is -0.462 e. The van der Waals surface area contributed by atoms with Crippen LogP contribution in [0.2, 0.25) is 0 Å². The van der Waals surface area contributed by atoms with E-state index in [1.165, 1.54) is 6.92 Å². The molecule has 0 aliphatic rings. The van der Waals surface area contributed by atoms with Gasteiger partial charge < -0.3 is 4.74 Å². The van der Waals surface area contributed by atoms with Crippen LogP contribution in [0.1, 0.15) is 13.3 Å². The third kappa shape index (κ3) is 7.60. The van der Waals surface area contributed by atoms with Crippen molar-refractivity contribution in [2.45, 2.75) is 13.3 Å². The molecule has 0 rings (SSSR count). The SMILES string of the molecule is CC(=O)CCOC(=O)C[S+](C)C. The van der Waals surface area contributed by atoms with Crippen molar-refractivity contribution >= 4 is 22.6 Å². The van der Waals surface area contributed by atoms with E-state index in [9.17, 15) is 9.59 Å². The molecule has 0 heterocycles. The minimum absolute atomic E-state index is 0.0507. The molecule has 0 radical (unpaired) electrons. The van der Waals surface area contributed by atoms with Gasteiger partial charge in [-0.3, -0.25) is 4.79 Å². The van der Waals surface area contributed by atoms with Crippen LogP contribution in [0, 0.1) is 0 Å². The van der Waals surface area contributed by atoms with Gasteiger partial charge in [0.05, 0.1) is 19.1 Å². The van der Waals surface area contributed by atoms with Crippen LogP contribution >= 0.6 is 0 Å². The van der Waals surface area contributed by atoms with Crippen LogP contribution in [-0.2, 0) is 25.2 Å². The monoisotopic (exact) mass is 191 g/mol. The number of rotatable bonds is 5. The zero-order valence-corrected chi connectivity index (χ0v) is 8.57. The standard InChI is InChI=1S/C8H15O3S/c1-7(9)4-5-11-8(10)6-12(2)3/h4-6H2,1-3H3/q+1. The lowest BCUT2D eigenvalue weighted by Crippen LogP contribution is -2.17. The van der Waals surface area contributed by atoms with Crippen LogP contribution in [0.5, 0.6) is 0 Å². The fourth-order valence-corrected chi connectivity index (χ4v) is 1.14. The van der Waals surface area contributed by atoms with E-state index in [4.69, 9.17) is 4.74 Å². The second kappa shape index (κ2) is 6.06. The summed E-state index contributed by atoms with van der Waals surface area (Å²) in [5.41, 5.74) is 0. The maximum atomic E-state index is 10.9. The van der Waals surface area contributed by atoms with Crippen LogP contribution in [0.3, 0.4) is 0 Å². The average Bonchev–Trinajstić information content (AvgIpc) is 1.84. The van der Waals surface area contributed by atoms with Gasteiger partial charge in [-0.05, 0) is 17.8 Å². The second-order valence-corrected chi connectivity index (χ2v) is 5.06. The number of hydrogen-bond acceptors (Lipinski definition) is 3. The van der Waals surface area contributed by atoms with E-state index in [0.717, 1.165) is 0 Å². The summed E-state index contributed by atoms with van der Waals surface area (Å²) in [4.78, 5) is 21.4. The van der Waals surface area contributed by atoms with Crippen molar-refractivity contribution in [1.82, 2.24) is 0 Å².